The highest BCUT2D eigenvalue weighted by Gasteiger charge is 2.69. The average molecular weight is 451 g/mol. The van der Waals surface area contributed by atoms with E-state index in [1.165, 1.54) is 25.0 Å². The van der Waals surface area contributed by atoms with Crippen LogP contribution < -0.4 is 26.0 Å². The van der Waals surface area contributed by atoms with Crippen LogP contribution in [0.25, 0.3) is 0 Å². The van der Waals surface area contributed by atoms with Gasteiger partial charge in [-0.05, 0) is 63.6 Å². The lowest BCUT2D eigenvalue weighted by molar-refractivity contribution is -0.151. The number of halogens is 2. The highest BCUT2D eigenvalue weighted by Crippen LogP contribution is 2.60. The van der Waals surface area contributed by atoms with Crippen molar-refractivity contribution in [3.05, 3.63) is 29.0 Å². The minimum Gasteiger partial charge on any atom is -0.484 e. The van der Waals surface area contributed by atoms with Crippen LogP contribution in [0.3, 0.4) is 0 Å². The van der Waals surface area contributed by atoms with Gasteiger partial charge in [0, 0.05) is 29.2 Å². The molecule has 4 saturated carbocycles. The third-order valence-corrected chi connectivity index (χ3v) is 7.16. The van der Waals surface area contributed by atoms with Crippen LogP contribution in [-0.4, -0.2) is 54.2 Å². The van der Waals surface area contributed by atoms with E-state index in [1.54, 1.807) is 0 Å². The summed E-state index contributed by atoms with van der Waals surface area (Å²) in [5, 5.41) is 13.2. The molecular formula is C22H28ClFN4O3. The van der Waals surface area contributed by atoms with Crippen LogP contribution in [0.2, 0.25) is 5.02 Å². The fraction of sp³-hybridized carbons (Fsp3) is 0.636. The van der Waals surface area contributed by atoms with Gasteiger partial charge in [-0.3, -0.25) is 9.59 Å². The molecule has 168 valence electrons. The summed E-state index contributed by atoms with van der Waals surface area (Å²) in [6, 6.07) is 4.98. The number of piperidine rings is 1. The van der Waals surface area contributed by atoms with E-state index in [2.05, 4.69) is 21.3 Å². The van der Waals surface area contributed by atoms with Gasteiger partial charge in [0.25, 0.3) is 5.91 Å². The Morgan fingerprint density at radius 1 is 1.13 bits per heavy atom. The molecule has 1 aliphatic heterocycles. The lowest BCUT2D eigenvalue weighted by Crippen LogP contribution is -2.84. The maximum atomic E-state index is 13.5. The van der Waals surface area contributed by atoms with E-state index in [0.717, 1.165) is 44.7 Å². The Hall–Kier alpha value is -1.90. The maximum Gasteiger partial charge on any atom is 0.258 e. The van der Waals surface area contributed by atoms with Crippen LogP contribution >= 0.6 is 11.6 Å². The second-order valence-electron chi connectivity index (χ2n) is 9.66. The van der Waals surface area contributed by atoms with Crippen molar-refractivity contribution >= 4 is 23.4 Å². The summed E-state index contributed by atoms with van der Waals surface area (Å²) in [5.41, 5.74) is -0.446. The van der Waals surface area contributed by atoms with Gasteiger partial charge < -0.3 is 26.0 Å². The topological polar surface area (TPSA) is 91.5 Å². The number of nitrogens with one attached hydrogen (secondary N) is 4. The zero-order chi connectivity index (χ0) is 21.6. The van der Waals surface area contributed by atoms with E-state index < -0.39 is 5.82 Å². The van der Waals surface area contributed by atoms with Crippen molar-refractivity contribution in [1.29, 1.82) is 0 Å². The third-order valence-electron chi connectivity index (χ3n) is 6.85. The van der Waals surface area contributed by atoms with Crippen molar-refractivity contribution in [3.8, 4) is 5.75 Å². The van der Waals surface area contributed by atoms with Gasteiger partial charge in [0.2, 0.25) is 5.91 Å². The van der Waals surface area contributed by atoms with Crippen molar-refractivity contribution in [3.63, 3.8) is 0 Å². The van der Waals surface area contributed by atoms with Crippen LogP contribution in [-0.2, 0) is 9.59 Å². The van der Waals surface area contributed by atoms with E-state index in [0.29, 0.717) is 12.1 Å². The molecule has 31 heavy (non-hydrogen) atoms. The molecule has 5 aliphatic rings. The minimum atomic E-state index is -0.584. The van der Waals surface area contributed by atoms with Crippen LogP contribution in [0.15, 0.2) is 18.2 Å². The van der Waals surface area contributed by atoms with Gasteiger partial charge in [-0.25, -0.2) is 4.39 Å². The number of rotatable bonds is 8. The first-order chi connectivity index (χ1) is 14.8. The summed E-state index contributed by atoms with van der Waals surface area (Å²) < 4.78 is 18.8. The summed E-state index contributed by atoms with van der Waals surface area (Å²) in [7, 11) is 0. The van der Waals surface area contributed by atoms with Crippen LogP contribution in [0, 0.1) is 5.82 Å². The van der Waals surface area contributed by atoms with Gasteiger partial charge in [-0.15, -0.1) is 0 Å². The molecule has 2 amide bonds. The molecule has 0 aromatic heterocycles. The number of benzene rings is 1. The molecule has 5 fully saturated rings. The number of ether oxygens (including phenoxy) is 1. The van der Waals surface area contributed by atoms with Gasteiger partial charge >= 0.3 is 0 Å². The molecule has 1 heterocycles. The van der Waals surface area contributed by atoms with E-state index in [1.807, 2.05) is 0 Å². The monoisotopic (exact) mass is 450 g/mol. The standard InChI is InChI=1S/C22H28ClFN4O3/c23-16-4-3-15(8-17(16)24)31-9-19(29)27-21-10-22(11-21,12-21)28-20(30)18-7-14(5-6-25-18)26-13-1-2-13/h3-4,8,13-14,18,25-26H,1-2,5-7,9-12H2,(H,27,29)(H,28,30). The predicted octanol–water partition coefficient (Wildman–Crippen LogP) is 1.64. The number of amides is 2. The summed E-state index contributed by atoms with van der Waals surface area (Å²) in [4.78, 5) is 25.0. The van der Waals surface area contributed by atoms with E-state index in [4.69, 9.17) is 16.3 Å². The lowest BCUT2D eigenvalue weighted by Gasteiger charge is -2.70. The van der Waals surface area contributed by atoms with Gasteiger partial charge in [0.15, 0.2) is 6.61 Å². The van der Waals surface area contributed by atoms with E-state index in [-0.39, 0.29) is 46.3 Å². The van der Waals surface area contributed by atoms with Gasteiger partial charge in [-0.1, -0.05) is 11.6 Å². The van der Waals surface area contributed by atoms with Crippen molar-refractivity contribution in [2.24, 2.45) is 0 Å². The predicted molar refractivity (Wildman–Crippen MR) is 113 cm³/mol. The molecule has 7 nitrogen and oxygen atoms in total. The zero-order valence-corrected chi connectivity index (χ0v) is 18.1. The SMILES string of the molecule is O=C(COc1ccc(Cl)c(F)c1)NC12CC(NC(=O)C3CC(NC4CC4)CCN3)(C1)C2. The van der Waals surface area contributed by atoms with Crippen LogP contribution in [0.1, 0.15) is 44.9 Å². The fourth-order valence-corrected chi connectivity index (χ4v) is 5.42. The molecule has 0 spiro atoms. The first-order valence-corrected chi connectivity index (χ1v) is 11.4. The second kappa shape index (κ2) is 7.90. The number of hydrogen-bond donors (Lipinski definition) is 4. The first kappa shape index (κ1) is 21.0. The molecule has 4 aliphatic carbocycles. The van der Waals surface area contributed by atoms with Crippen molar-refractivity contribution in [2.75, 3.05) is 13.2 Å². The van der Waals surface area contributed by atoms with Gasteiger partial charge in [-0.2, -0.15) is 0 Å². The minimum absolute atomic E-state index is 0.0103. The number of carbonyl (C=O) groups is 2. The normalized spacial score (nSPS) is 33.6. The molecule has 1 aromatic rings. The Labute approximate surface area is 185 Å². The summed E-state index contributed by atoms with van der Waals surface area (Å²) in [6.45, 7) is 0.663. The average Bonchev–Trinajstić information content (AvgIpc) is 3.50. The third kappa shape index (κ3) is 4.52. The highest BCUT2D eigenvalue weighted by atomic mass is 35.5. The Balaban J connectivity index is 1.04. The Bertz CT molecular complexity index is 874. The highest BCUT2D eigenvalue weighted by molar-refractivity contribution is 6.30. The first-order valence-electron chi connectivity index (χ1n) is 11.0. The maximum absolute atomic E-state index is 13.5. The summed E-state index contributed by atoms with van der Waals surface area (Å²) >= 11 is 5.64. The van der Waals surface area contributed by atoms with Crippen molar-refractivity contribution in [2.45, 2.75) is 74.1 Å². The molecule has 1 saturated heterocycles. The summed E-state index contributed by atoms with van der Waals surface area (Å²) in [5.74, 6) is -0.514. The van der Waals surface area contributed by atoms with Crippen LogP contribution in [0.4, 0.5) is 4.39 Å². The van der Waals surface area contributed by atoms with Crippen LogP contribution in [0.5, 0.6) is 5.75 Å². The molecule has 1 aromatic carbocycles. The summed E-state index contributed by atoms with van der Waals surface area (Å²) in [6.07, 6.45) is 6.60. The smallest absolute Gasteiger partial charge is 0.258 e. The molecule has 4 N–H and O–H groups in total. The lowest BCUT2D eigenvalue weighted by atomic mass is 9.44. The zero-order valence-electron chi connectivity index (χ0n) is 17.3. The van der Waals surface area contributed by atoms with Crippen molar-refractivity contribution < 1.29 is 18.7 Å². The Kier molecular flexibility index (Phi) is 5.35. The van der Waals surface area contributed by atoms with E-state index in [9.17, 15) is 14.0 Å². The Morgan fingerprint density at radius 2 is 1.87 bits per heavy atom. The van der Waals surface area contributed by atoms with E-state index >= 15 is 0 Å². The number of hydrogen-bond acceptors (Lipinski definition) is 5. The Morgan fingerprint density at radius 3 is 2.58 bits per heavy atom. The number of carbonyl (C=O) groups excluding carboxylic acids is 2. The molecule has 2 atom stereocenters. The quantitative estimate of drug-likeness (QED) is 0.483. The molecule has 9 heteroatoms. The molecule has 2 unspecified atom stereocenters. The van der Waals surface area contributed by atoms with Crippen molar-refractivity contribution in [1.82, 2.24) is 21.3 Å². The molecule has 6 rings (SSSR count). The molecule has 0 radical (unpaired) electrons. The van der Waals surface area contributed by atoms with Gasteiger partial charge in [0.05, 0.1) is 11.1 Å². The van der Waals surface area contributed by atoms with Gasteiger partial charge in [0.1, 0.15) is 11.6 Å². The second-order valence-corrected chi connectivity index (χ2v) is 10.1. The largest absolute Gasteiger partial charge is 0.484 e. The molecular weight excluding hydrogens is 423 g/mol. The fourth-order valence-electron chi connectivity index (χ4n) is 5.30. The molecule has 2 bridgehead atoms.